The van der Waals surface area contributed by atoms with E-state index in [9.17, 15) is 4.79 Å². The zero-order valence-electron chi connectivity index (χ0n) is 13.9. The van der Waals surface area contributed by atoms with Gasteiger partial charge >= 0.3 is 0 Å². The van der Waals surface area contributed by atoms with Gasteiger partial charge in [0.1, 0.15) is 11.3 Å². The fraction of sp³-hybridized carbons (Fsp3) is 0.733. The highest BCUT2D eigenvalue weighted by atomic mass is 35.5. The summed E-state index contributed by atoms with van der Waals surface area (Å²) in [4.78, 5) is 12.5. The fourth-order valence-corrected chi connectivity index (χ4v) is 2.90. The first-order valence-electron chi connectivity index (χ1n) is 7.34. The van der Waals surface area contributed by atoms with Crippen LogP contribution in [-0.4, -0.2) is 29.3 Å². The molecule has 126 valence electrons. The molecule has 22 heavy (non-hydrogen) atoms. The van der Waals surface area contributed by atoms with Crippen molar-refractivity contribution < 1.29 is 14.1 Å². The minimum Gasteiger partial charge on any atom is -0.378 e. The van der Waals surface area contributed by atoms with Gasteiger partial charge in [-0.1, -0.05) is 19.0 Å². The zero-order valence-corrected chi connectivity index (χ0v) is 14.7. The van der Waals surface area contributed by atoms with Gasteiger partial charge in [-0.05, 0) is 20.8 Å². The highest BCUT2D eigenvalue weighted by Crippen LogP contribution is 2.49. The maximum atomic E-state index is 12.5. The van der Waals surface area contributed by atoms with Gasteiger partial charge in [0.2, 0.25) is 5.91 Å². The van der Waals surface area contributed by atoms with Gasteiger partial charge in [0.05, 0.1) is 11.8 Å². The lowest BCUT2D eigenvalue weighted by atomic mass is 9.54. The van der Waals surface area contributed by atoms with E-state index in [1.807, 2.05) is 34.6 Å². The normalized spacial score (nSPS) is 26.0. The third kappa shape index (κ3) is 2.87. The second-order valence-electron chi connectivity index (χ2n) is 6.33. The van der Waals surface area contributed by atoms with Crippen LogP contribution in [0.5, 0.6) is 0 Å². The summed E-state index contributed by atoms with van der Waals surface area (Å²) in [5, 5.41) is 6.79. The SMILES string of the molecule is CCOC1CC(N)(C(=O)NCc2c(C)noc2C)C1(C)C.Cl. The summed E-state index contributed by atoms with van der Waals surface area (Å²) in [5.74, 6) is 0.572. The summed E-state index contributed by atoms with van der Waals surface area (Å²) in [7, 11) is 0. The van der Waals surface area contributed by atoms with Crippen molar-refractivity contribution in [1.82, 2.24) is 10.5 Å². The molecule has 1 aliphatic carbocycles. The van der Waals surface area contributed by atoms with E-state index in [0.717, 1.165) is 17.0 Å². The van der Waals surface area contributed by atoms with E-state index in [0.29, 0.717) is 19.6 Å². The Morgan fingerprint density at radius 3 is 2.59 bits per heavy atom. The number of nitrogens with two attached hydrogens (primary N) is 1. The Labute approximate surface area is 137 Å². The Morgan fingerprint density at radius 1 is 1.50 bits per heavy atom. The smallest absolute Gasteiger partial charge is 0.241 e. The van der Waals surface area contributed by atoms with Crippen LogP contribution in [0.15, 0.2) is 4.52 Å². The lowest BCUT2D eigenvalue weighted by Gasteiger charge is -2.57. The van der Waals surface area contributed by atoms with Crippen molar-refractivity contribution in [2.45, 2.75) is 59.2 Å². The molecule has 2 rings (SSSR count). The van der Waals surface area contributed by atoms with Crippen LogP contribution in [0, 0.1) is 19.3 Å². The van der Waals surface area contributed by atoms with Crippen molar-refractivity contribution in [2.24, 2.45) is 11.1 Å². The van der Waals surface area contributed by atoms with Gasteiger partial charge < -0.3 is 20.3 Å². The van der Waals surface area contributed by atoms with Gasteiger partial charge in [0.15, 0.2) is 0 Å². The molecule has 1 amide bonds. The Hall–Kier alpha value is -1.11. The number of nitrogens with zero attached hydrogens (tertiary/aromatic N) is 1. The number of hydrogen-bond donors (Lipinski definition) is 2. The molecule has 1 fully saturated rings. The van der Waals surface area contributed by atoms with Crippen molar-refractivity contribution in [3.05, 3.63) is 17.0 Å². The van der Waals surface area contributed by atoms with E-state index >= 15 is 0 Å². The largest absolute Gasteiger partial charge is 0.378 e. The first-order chi connectivity index (χ1) is 9.74. The number of hydrogen-bond acceptors (Lipinski definition) is 5. The van der Waals surface area contributed by atoms with Crippen LogP contribution in [0.25, 0.3) is 0 Å². The number of aromatic nitrogens is 1. The standard InChI is InChI=1S/C15H25N3O3.ClH/c1-6-20-12-7-15(16,14(12,4)5)13(19)17-8-11-9(2)18-21-10(11)3;/h12H,6-8,16H2,1-5H3,(H,17,19);1H. The summed E-state index contributed by atoms with van der Waals surface area (Å²) in [6.45, 7) is 10.6. The van der Waals surface area contributed by atoms with Crippen molar-refractivity contribution in [3.8, 4) is 0 Å². The molecule has 0 spiro atoms. The molecule has 1 aromatic rings. The summed E-state index contributed by atoms with van der Waals surface area (Å²) in [6.07, 6.45) is 0.568. The summed E-state index contributed by atoms with van der Waals surface area (Å²) in [5.41, 5.74) is 6.75. The number of halogens is 1. The molecule has 3 N–H and O–H groups in total. The number of nitrogens with one attached hydrogen (secondary N) is 1. The van der Waals surface area contributed by atoms with Crippen molar-refractivity contribution >= 4 is 18.3 Å². The van der Waals surface area contributed by atoms with E-state index < -0.39 is 5.54 Å². The monoisotopic (exact) mass is 331 g/mol. The van der Waals surface area contributed by atoms with E-state index in [1.54, 1.807) is 0 Å². The topological polar surface area (TPSA) is 90.4 Å². The highest BCUT2D eigenvalue weighted by molar-refractivity contribution is 5.88. The third-order valence-electron chi connectivity index (χ3n) is 4.84. The van der Waals surface area contributed by atoms with E-state index in [2.05, 4.69) is 10.5 Å². The first kappa shape index (κ1) is 18.9. The van der Waals surface area contributed by atoms with Crippen LogP contribution in [-0.2, 0) is 16.1 Å². The number of ether oxygens (including phenoxy) is 1. The maximum Gasteiger partial charge on any atom is 0.241 e. The van der Waals surface area contributed by atoms with Crippen LogP contribution in [0.2, 0.25) is 0 Å². The minimum absolute atomic E-state index is 0. The lowest BCUT2D eigenvalue weighted by molar-refractivity contribution is -0.170. The molecule has 1 saturated carbocycles. The van der Waals surface area contributed by atoms with Crippen LogP contribution in [0.3, 0.4) is 0 Å². The van der Waals surface area contributed by atoms with Crippen molar-refractivity contribution in [2.75, 3.05) is 6.61 Å². The van der Waals surface area contributed by atoms with Crippen LogP contribution in [0.1, 0.15) is 44.2 Å². The number of carbonyl (C=O) groups excluding carboxylic acids is 1. The zero-order chi connectivity index (χ0) is 15.8. The number of carbonyl (C=O) groups is 1. The second kappa shape index (κ2) is 6.56. The predicted octanol–water partition coefficient (Wildman–Crippen LogP) is 1.86. The molecular formula is C15H26ClN3O3. The summed E-state index contributed by atoms with van der Waals surface area (Å²) < 4.78 is 10.7. The molecule has 0 saturated heterocycles. The molecule has 1 aliphatic rings. The van der Waals surface area contributed by atoms with Gasteiger partial charge in [-0.2, -0.15) is 0 Å². The van der Waals surface area contributed by atoms with E-state index in [-0.39, 0.29) is 29.8 Å². The number of rotatable bonds is 5. The molecule has 2 unspecified atom stereocenters. The van der Waals surface area contributed by atoms with Crippen molar-refractivity contribution in [1.29, 1.82) is 0 Å². The van der Waals surface area contributed by atoms with Crippen LogP contribution in [0.4, 0.5) is 0 Å². The van der Waals surface area contributed by atoms with Gasteiger partial charge in [0, 0.05) is 30.6 Å². The Kier molecular flexibility index (Phi) is 5.65. The number of amides is 1. The van der Waals surface area contributed by atoms with Gasteiger partial charge in [-0.25, -0.2) is 0 Å². The molecule has 0 aromatic carbocycles. The van der Waals surface area contributed by atoms with Gasteiger partial charge in [0.25, 0.3) is 0 Å². The molecule has 0 bridgehead atoms. The van der Waals surface area contributed by atoms with E-state index in [1.165, 1.54) is 0 Å². The molecule has 0 radical (unpaired) electrons. The first-order valence-corrected chi connectivity index (χ1v) is 7.34. The molecular weight excluding hydrogens is 306 g/mol. The highest BCUT2D eigenvalue weighted by Gasteiger charge is 2.62. The fourth-order valence-electron chi connectivity index (χ4n) is 2.90. The number of aryl methyl sites for hydroxylation is 2. The maximum absolute atomic E-state index is 12.5. The van der Waals surface area contributed by atoms with Crippen molar-refractivity contribution in [3.63, 3.8) is 0 Å². The lowest BCUT2D eigenvalue weighted by Crippen LogP contribution is -2.75. The molecule has 1 heterocycles. The Balaban J connectivity index is 0.00000242. The Bertz CT molecular complexity index is 525. The molecule has 0 aliphatic heterocycles. The van der Waals surface area contributed by atoms with Gasteiger partial charge in [-0.3, -0.25) is 4.79 Å². The molecule has 7 heteroatoms. The van der Waals surface area contributed by atoms with Crippen LogP contribution >= 0.6 is 12.4 Å². The quantitative estimate of drug-likeness (QED) is 0.859. The third-order valence-corrected chi connectivity index (χ3v) is 4.84. The predicted molar refractivity (Wildman–Crippen MR) is 85.8 cm³/mol. The minimum atomic E-state index is -0.897. The van der Waals surface area contributed by atoms with Crippen LogP contribution < -0.4 is 11.1 Å². The average Bonchev–Trinajstić information content (AvgIpc) is 2.75. The summed E-state index contributed by atoms with van der Waals surface area (Å²) >= 11 is 0. The summed E-state index contributed by atoms with van der Waals surface area (Å²) in [6, 6.07) is 0. The van der Waals surface area contributed by atoms with Gasteiger partial charge in [-0.15, -0.1) is 12.4 Å². The molecule has 6 nitrogen and oxygen atoms in total. The average molecular weight is 332 g/mol. The molecule has 1 aromatic heterocycles. The van der Waals surface area contributed by atoms with E-state index in [4.69, 9.17) is 15.0 Å². The molecule has 2 atom stereocenters. The second-order valence-corrected chi connectivity index (χ2v) is 6.33. The Morgan fingerprint density at radius 2 is 2.14 bits per heavy atom.